The number of hydrogen-bond donors (Lipinski definition) is 0. The smallest absolute Gasteiger partial charge is 0.279 e. The first-order valence-electron chi connectivity index (χ1n) is 10.8. The molecule has 0 saturated carbocycles. The van der Waals surface area contributed by atoms with E-state index in [4.69, 9.17) is 11.6 Å². The molecule has 1 aliphatic rings. The third-order valence-corrected chi connectivity index (χ3v) is 8.55. The van der Waals surface area contributed by atoms with Crippen molar-refractivity contribution in [3.05, 3.63) is 81.0 Å². The van der Waals surface area contributed by atoms with E-state index in [1.807, 2.05) is 37.3 Å². The second kappa shape index (κ2) is 9.21. The van der Waals surface area contributed by atoms with Crippen LogP contribution in [0.25, 0.3) is 0 Å². The third kappa shape index (κ3) is 4.27. The molecule has 1 aromatic heterocycles. The highest BCUT2D eigenvalue weighted by molar-refractivity contribution is 7.89. The fourth-order valence-electron chi connectivity index (χ4n) is 4.28. The van der Waals surface area contributed by atoms with E-state index in [1.54, 1.807) is 29.7 Å². The SMILES string of the molecule is CCn1c(C2CCN(S(=O)(=O)c3cccc(Cl)c3C)CC2)nn(Cc2ccccc2)c1=O. The number of aromatic nitrogens is 3. The van der Waals surface area contributed by atoms with Crippen LogP contribution in [0.3, 0.4) is 0 Å². The van der Waals surface area contributed by atoms with Crippen molar-refractivity contribution in [3.63, 3.8) is 0 Å². The van der Waals surface area contributed by atoms with Crippen molar-refractivity contribution in [2.45, 2.75) is 50.6 Å². The molecule has 0 aliphatic carbocycles. The van der Waals surface area contributed by atoms with Gasteiger partial charge in [0, 0.05) is 30.6 Å². The Balaban J connectivity index is 1.54. The highest BCUT2D eigenvalue weighted by atomic mass is 35.5. The first-order chi connectivity index (χ1) is 15.3. The maximum atomic E-state index is 13.2. The Hall–Kier alpha value is -2.42. The van der Waals surface area contributed by atoms with Crippen LogP contribution in [0.2, 0.25) is 5.02 Å². The predicted molar refractivity (Wildman–Crippen MR) is 125 cm³/mol. The molecule has 4 rings (SSSR count). The van der Waals surface area contributed by atoms with E-state index in [0.29, 0.717) is 49.6 Å². The molecule has 0 spiro atoms. The number of rotatable bonds is 6. The van der Waals surface area contributed by atoms with Crippen LogP contribution in [0, 0.1) is 6.92 Å². The molecule has 2 aromatic carbocycles. The summed E-state index contributed by atoms with van der Waals surface area (Å²) in [6.45, 7) is 5.36. The van der Waals surface area contributed by atoms with Gasteiger partial charge in [0.25, 0.3) is 0 Å². The van der Waals surface area contributed by atoms with Gasteiger partial charge in [-0.2, -0.15) is 9.40 Å². The van der Waals surface area contributed by atoms with E-state index >= 15 is 0 Å². The van der Waals surface area contributed by atoms with Crippen LogP contribution in [0.5, 0.6) is 0 Å². The van der Waals surface area contributed by atoms with Crippen molar-refractivity contribution in [3.8, 4) is 0 Å². The van der Waals surface area contributed by atoms with Gasteiger partial charge in [-0.3, -0.25) is 4.57 Å². The summed E-state index contributed by atoms with van der Waals surface area (Å²) in [5, 5.41) is 5.09. The Labute approximate surface area is 193 Å². The zero-order valence-electron chi connectivity index (χ0n) is 18.2. The molecule has 0 atom stereocenters. The summed E-state index contributed by atoms with van der Waals surface area (Å²) in [7, 11) is -3.63. The van der Waals surface area contributed by atoms with E-state index in [-0.39, 0.29) is 16.5 Å². The van der Waals surface area contributed by atoms with E-state index in [1.165, 1.54) is 8.99 Å². The lowest BCUT2D eigenvalue weighted by Crippen LogP contribution is -2.38. The van der Waals surface area contributed by atoms with Crippen LogP contribution in [0.4, 0.5) is 0 Å². The lowest BCUT2D eigenvalue weighted by molar-refractivity contribution is 0.308. The average Bonchev–Trinajstić information content (AvgIpc) is 3.11. The Bertz CT molecular complexity index is 1260. The minimum atomic E-state index is -3.63. The number of hydrogen-bond acceptors (Lipinski definition) is 4. The van der Waals surface area contributed by atoms with Crippen molar-refractivity contribution >= 4 is 21.6 Å². The van der Waals surface area contributed by atoms with E-state index < -0.39 is 10.0 Å². The average molecular weight is 475 g/mol. The van der Waals surface area contributed by atoms with Crippen molar-refractivity contribution in [1.82, 2.24) is 18.7 Å². The van der Waals surface area contributed by atoms with Gasteiger partial charge in [-0.25, -0.2) is 17.9 Å². The number of sulfonamides is 1. The summed E-state index contributed by atoms with van der Waals surface area (Å²) >= 11 is 6.14. The Morgan fingerprint density at radius 1 is 1.06 bits per heavy atom. The number of benzene rings is 2. The molecule has 1 saturated heterocycles. The van der Waals surface area contributed by atoms with Crippen LogP contribution in [0.1, 0.15) is 42.6 Å². The normalized spacial score (nSPS) is 15.8. The maximum Gasteiger partial charge on any atom is 0.346 e. The molecule has 9 heteroatoms. The molecule has 3 aromatic rings. The van der Waals surface area contributed by atoms with Gasteiger partial charge in [-0.1, -0.05) is 48.0 Å². The van der Waals surface area contributed by atoms with Crippen LogP contribution < -0.4 is 5.69 Å². The molecular formula is C23H27ClN4O3S. The first-order valence-corrected chi connectivity index (χ1v) is 12.6. The standard InChI is InChI=1S/C23H27ClN4O3S/c1-3-27-22(25-28(23(27)29)16-18-8-5-4-6-9-18)19-12-14-26(15-13-19)32(30,31)21-11-7-10-20(24)17(21)2/h4-11,19H,3,12-16H2,1-2H3. The predicted octanol–water partition coefficient (Wildman–Crippen LogP) is 3.64. The summed E-state index contributed by atoms with van der Waals surface area (Å²) in [5.74, 6) is 0.774. The van der Waals surface area contributed by atoms with Crippen molar-refractivity contribution in [1.29, 1.82) is 0 Å². The highest BCUT2D eigenvalue weighted by Gasteiger charge is 2.33. The monoisotopic (exact) mass is 474 g/mol. The van der Waals surface area contributed by atoms with Gasteiger partial charge in [-0.15, -0.1) is 0 Å². The van der Waals surface area contributed by atoms with Gasteiger partial charge in [0.15, 0.2) is 0 Å². The summed E-state index contributed by atoms with van der Waals surface area (Å²) in [6.07, 6.45) is 1.22. The van der Waals surface area contributed by atoms with Crippen molar-refractivity contribution in [2.75, 3.05) is 13.1 Å². The molecule has 0 amide bonds. The third-order valence-electron chi connectivity index (χ3n) is 6.10. The zero-order chi connectivity index (χ0) is 22.9. The fraction of sp³-hybridized carbons (Fsp3) is 0.391. The number of nitrogens with zero attached hydrogens (tertiary/aromatic N) is 4. The minimum Gasteiger partial charge on any atom is -0.279 e. The quantitative estimate of drug-likeness (QED) is 0.546. The summed E-state index contributed by atoms with van der Waals surface area (Å²) in [5.41, 5.74) is 1.45. The number of piperidine rings is 1. The van der Waals surface area contributed by atoms with Crippen LogP contribution >= 0.6 is 11.6 Å². The van der Waals surface area contributed by atoms with Crippen molar-refractivity contribution in [2.24, 2.45) is 0 Å². The summed E-state index contributed by atoms with van der Waals surface area (Å²) < 4.78 is 31.1. The van der Waals surface area contributed by atoms with E-state index in [0.717, 1.165) is 11.4 Å². The molecule has 1 fully saturated rings. The van der Waals surface area contributed by atoms with Gasteiger partial charge >= 0.3 is 5.69 Å². The van der Waals surface area contributed by atoms with Crippen LogP contribution in [0.15, 0.2) is 58.2 Å². The summed E-state index contributed by atoms with van der Waals surface area (Å²) in [6, 6.07) is 14.7. The zero-order valence-corrected chi connectivity index (χ0v) is 19.8. The minimum absolute atomic E-state index is 0.0339. The first kappa shape index (κ1) is 22.8. The Kier molecular flexibility index (Phi) is 6.55. The molecule has 0 bridgehead atoms. The van der Waals surface area contributed by atoms with E-state index in [2.05, 4.69) is 5.10 Å². The molecule has 1 aliphatic heterocycles. The second-order valence-electron chi connectivity index (χ2n) is 8.07. The van der Waals surface area contributed by atoms with Crippen LogP contribution in [-0.2, 0) is 23.1 Å². The molecule has 7 nitrogen and oxygen atoms in total. The van der Waals surface area contributed by atoms with Gasteiger partial charge in [0.05, 0.1) is 11.4 Å². The van der Waals surface area contributed by atoms with Gasteiger partial charge < -0.3 is 0 Å². The molecule has 2 heterocycles. The number of halogens is 1. The molecule has 32 heavy (non-hydrogen) atoms. The van der Waals surface area contributed by atoms with E-state index in [9.17, 15) is 13.2 Å². The van der Waals surface area contributed by atoms with Gasteiger partial charge in [0.1, 0.15) is 5.82 Å². The van der Waals surface area contributed by atoms with Gasteiger partial charge in [-0.05, 0) is 49.9 Å². The Morgan fingerprint density at radius 2 is 1.75 bits per heavy atom. The Morgan fingerprint density at radius 3 is 2.41 bits per heavy atom. The highest BCUT2D eigenvalue weighted by Crippen LogP contribution is 2.31. The molecule has 170 valence electrons. The molecule has 0 radical (unpaired) electrons. The topological polar surface area (TPSA) is 77.2 Å². The lowest BCUT2D eigenvalue weighted by Gasteiger charge is -2.31. The second-order valence-corrected chi connectivity index (χ2v) is 10.4. The lowest BCUT2D eigenvalue weighted by atomic mass is 9.97. The van der Waals surface area contributed by atoms with Gasteiger partial charge in [0.2, 0.25) is 10.0 Å². The molecule has 0 unspecified atom stereocenters. The van der Waals surface area contributed by atoms with Crippen molar-refractivity contribution < 1.29 is 8.42 Å². The largest absolute Gasteiger partial charge is 0.346 e. The van der Waals surface area contributed by atoms with Crippen LogP contribution in [-0.4, -0.2) is 40.2 Å². The summed E-state index contributed by atoms with van der Waals surface area (Å²) in [4.78, 5) is 13.1. The fourth-order valence-corrected chi connectivity index (χ4v) is 6.22. The molecule has 0 N–H and O–H groups in total. The maximum absolute atomic E-state index is 13.2. The molecular weight excluding hydrogens is 448 g/mol.